The third-order valence-corrected chi connectivity index (χ3v) is 2.76. The summed E-state index contributed by atoms with van der Waals surface area (Å²) < 4.78 is 5.52. The molecule has 0 bridgehead atoms. The number of nitrogens with two attached hydrogens (primary N) is 1. The molecule has 0 radical (unpaired) electrons. The SMILES string of the molecule is CC(=O)c1cc(Br)cc([N+](=O)[O-])c1OC(C)C(N)=O. The minimum absolute atomic E-state index is 0.00850. The summed E-state index contributed by atoms with van der Waals surface area (Å²) >= 11 is 3.08. The second-order valence-electron chi connectivity index (χ2n) is 3.78. The number of carbonyl (C=O) groups excluding carboxylic acids is 2. The number of primary amides is 1. The van der Waals surface area contributed by atoms with Crippen molar-refractivity contribution in [2.75, 3.05) is 0 Å². The molecule has 2 N–H and O–H groups in total. The quantitative estimate of drug-likeness (QED) is 0.502. The van der Waals surface area contributed by atoms with Crippen LogP contribution in [-0.2, 0) is 4.79 Å². The van der Waals surface area contributed by atoms with E-state index in [1.807, 2.05) is 0 Å². The number of Topliss-reactive ketones (excluding diaryl/α,β-unsaturated/α-hetero) is 1. The van der Waals surface area contributed by atoms with Crippen LogP contribution in [-0.4, -0.2) is 22.7 Å². The molecule has 19 heavy (non-hydrogen) atoms. The van der Waals surface area contributed by atoms with Crippen LogP contribution in [0.1, 0.15) is 24.2 Å². The molecule has 7 nitrogen and oxygen atoms in total. The largest absolute Gasteiger partial charge is 0.473 e. The lowest BCUT2D eigenvalue weighted by Crippen LogP contribution is -2.31. The maximum absolute atomic E-state index is 11.5. The van der Waals surface area contributed by atoms with Gasteiger partial charge in [0.1, 0.15) is 0 Å². The number of nitro groups is 1. The predicted molar refractivity (Wildman–Crippen MR) is 70.1 cm³/mol. The van der Waals surface area contributed by atoms with E-state index in [1.165, 1.54) is 26.0 Å². The van der Waals surface area contributed by atoms with Gasteiger partial charge in [-0.05, 0) is 19.9 Å². The zero-order valence-corrected chi connectivity index (χ0v) is 11.8. The van der Waals surface area contributed by atoms with Crippen molar-refractivity contribution in [2.24, 2.45) is 5.73 Å². The van der Waals surface area contributed by atoms with Gasteiger partial charge in [0.05, 0.1) is 10.5 Å². The van der Waals surface area contributed by atoms with E-state index in [2.05, 4.69) is 15.9 Å². The summed E-state index contributed by atoms with van der Waals surface area (Å²) in [7, 11) is 0. The number of halogens is 1. The van der Waals surface area contributed by atoms with Crippen molar-refractivity contribution < 1.29 is 19.2 Å². The zero-order chi connectivity index (χ0) is 14.7. The van der Waals surface area contributed by atoms with Gasteiger partial charge in [-0.3, -0.25) is 19.7 Å². The molecule has 102 valence electrons. The summed E-state index contributed by atoms with van der Waals surface area (Å²) in [6.45, 7) is 2.59. The number of carbonyl (C=O) groups is 2. The van der Waals surface area contributed by atoms with Gasteiger partial charge in [0.2, 0.25) is 5.75 Å². The van der Waals surface area contributed by atoms with Crippen molar-refractivity contribution in [1.82, 2.24) is 0 Å². The lowest BCUT2D eigenvalue weighted by molar-refractivity contribution is -0.386. The first-order valence-corrected chi connectivity index (χ1v) is 5.98. The molecule has 1 rings (SSSR count). The van der Waals surface area contributed by atoms with E-state index >= 15 is 0 Å². The van der Waals surface area contributed by atoms with E-state index in [0.717, 1.165) is 0 Å². The van der Waals surface area contributed by atoms with Gasteiger partial charge in [0.25, 0.3) is 5.91 Å². The lowest BCUT2D eigenvalue weighted by atomic mass is 10.1. The summed E-state index contributed by atoms with van der Waals surface area (Å²) in [5.74, 6) is -1.46. The molecular formula is C11H11BrN2O5. The Bertz CT molecular complexity index is 523. The van der Waals surface area contributed by atoms with Crippen molar-refractivity contribution in [3.05, 3.63) is 32.3 Å². The maximum atomic E-state index is 11.5. The molecule has 0 aliphatic rings. The molecule has 0 aliphatic heterocycles. The Kier molecular flexibility index (Phi) is 4.60. The van der Waals surface area contributed by atoms with Crippen LogP contribution < -0.4 is 10.5 Å². The normalized spacial score (nSPS) is 11.7. The average Bonchev–Trinajstić information content (AvgIpc) is 2.29. The van der Waals surface area contributed by atoms with Gasteiger partial charge in [0, 0.05) is 10.5 Å². The molecule has 1 amide bonds. The van der Waals surface area contributed by atoms with E-state index < -0.39 is 28.4 Å². The monoisotopic (exact) mass is 330 g/mol. The van der Waals surface area contributed by atoms with Gasteiger partial charge in [-0.2, -0.15) is 0 Å². The van der Waals surface area contributed by atoms with Gasteiger partial charge >= 0.3 is 5.69 Å². The molecule has 0 spiro atoms. The van der Waals surface area contributed by atoms with Gasteiger partial charge in [-0.15, -0.1) is 0 Å². The van der Waals surface area contributed by atoms with Gasteiger partial charge in [-0.25, -0.2) is 0 Å². The van der Waals surface area contributed by atoms with E-state index in [1.54, 1.807) is 0 Å². The molecule has 0 aliphatic carbocycles. The number of ether oxygens (including phenoxy) is 1. The van der Waals surface area contributed by atoms with E-state index in [0.29, 0.717) is 4.47 Å². The van der Waals surface area contributed by atoms with Crippen LogP contribution in [0.3, 0.4) is 0 Å². The third kappa shape index (κ3) is 3.50. The van der Waals surface area contributed by atoms with E-state index in [-0.39, 0.29) is 11.3 Å². The van der Waals surface area contributed by atoms with Gasteiger partial charge < -0.3 is 10.5 Å². The number of nitrogens with zero attached hydrogens (tertiary/aromatic N) is 1. The Morgan fingerprint density at radius 3 is 2.47 bits per heavy atom. The number of hydrogen-bond donors (Lipinski definition) is 1. The van der Waals surface area contributed by atoms with Crippen LogP contribution in [0.4, 0.5) is 5.69 Å². The van der Waals surface area contributed by atoms with Gasteiger partial charge in [0.15, 0.2) is 11.9 Å². The summed E-state index contributed by atoms with van der Waals surface area (Å²) in [5, 5.41) is 11.0. The Labute approximate surface area is 117 Å². The minimum Gasteiger partial charge on any atom is -0.473 e. The lowest BCUT2D eigenvalue weighted by Gasteiger charge is -2.14. The molecule has 1 aromatic rings. The average molecular weight is 331 g/mol. The minimum atomic E-state index is -1.09. The Balaban J connectivity index is 3.43. The first-order chi connectivity index (χ1) is 8.73. The molecular weight excluding hydrogens is 320 g/mol. The first-order valence-electron chi connectivity index (χ1n) is 5.19. The van der Waals surface area contributed by atoms with Crippen molar-refractivity contribution in [3.63, 3.8) is 0 Å². The highest BCUT2D eigenvalue weighted by atomic mass is 79.9. The highest BCUT2D eigenvalue weighted by molar-refractivity contribution is 9.10. The number of amides is 1. The fraction of sp³-hybridized carbons (Fsp3) is 0.273. The predicted octanol–water partition coefficient (Wildman–Crippen LogP) is 1.81. The molecule has 0 heterocycles. The number of rotatable bonds is 5. The topological polar surface area (TPSA) is 113 Å². The Morgan fingerprint density at radius 2 is 2.05 bits per heavy atom. The second-order valence-corrected chi connectivity index (χ2v) is 4.69. The van der Waals surface area contributed by atoms with Crippen molar-refractivity contribution in [3.8, 4) is 5.75 Å². The molecule has 1 aromatic carbocycles. The molecule has 0 fully saturated rings. The van der Waals surface area contributed by atoms with Crippen LogP contribution >= 0.6 is 15.9 Å². The van der Waals surface area contributed by atoms with E-state index in [4.69, 9.17) is 10.5 Å². The fourth-order valence-corrected chi connectivity index (χ4v) is 1.78. The fourth-order valence-electron chi connectivity index (χ4n) is 1.34. The van der Waals surface area contributed by atoms with Crippen LogP contribution in [0, 0.1) is 10.1 Å². The van der Waals surface area contributed by atoms with Crippen molar-refractivity contribution >= 4 is 33.3 Å². The molecule has 0 saturated carbocycles. The molecule has 0 aromatic heterocycles. The van der Waals surface area contributed by atoms with Crippen LogP contribution in [0.15, 0.2) is 16.6 Å². The summed E-state index contributed by atoms with van der Waals surface area (Å²) in [5.41, 5.74) is 4.64. The summed E-state index contributed by atoms with van der Waals surface area (Å²) in [6, 6.07) is 2.58. The molecule has 8 heteroatoms. The zero-order valence-electron chi connectivity index (χ0n) is 10.2. The number of nitro benzene ring substituents is 1. The number of ketones is 1. The maximum Gasteiger partial charge on any atom is 0.312 e. The third-order valence-electron chi connectivity index (χ3n) is 2.31. The number of hydrogen-bond acceptors (Lipinski definition) is 5. The smallest absolute Gasteiger partial charge is 0.312 e. The van der Waals surface area contributed by atoms with Crippen LogP contribution in [0.5, 0.6) is 5.75 Å². The summed E-state index contributed by atoms with van der Waals surface area (Å²) in [4.78, 5) is 32.8. The van der Waals surface area contributed by atoms with Gasteiger partial charge in [-0.1, -0.05) is 15.9 Å². The Morgan fingerprint density at radius 1 is 1.47 bits per heavy atom. The highest BCUT2D eigenvalue weighted by Gasteiger charge is 2.26. The first kappa shape index (κ1) is 15.1. The van der Waals surface area contributed by atoms with Crippen molar-refractivity contribution in [2.45, 2.75) is 20.0 Å². The molecule has 1 unspecified atom stereocenters. The molecule has 1 atom stereocenters. The van der Waals surface area contributed by atoms with Crippen LogP contribution in [0.25, 0.3) is 0 Å². The van der Waals surface area contributed by atoms with E-state index in [9.17, 15) is 19.7 Å². The standard InChI is InChI=1S/C11H11BrN2O5/c1-5(15)8-3-7(12)4-9(14(17)18)10(8)19-6(2)11(13)16/h3-4,6H,1-2H3,(H2,13,16). The summed E-state index contributed by atoms with van der Waals surface area (Å²) in [6.07, 6.45) is -1.09. The second kappa shape index (κ2) is 5.79. The molecule has 0 saturated heterocycles. The number of benzene rings is 1. The van der Waals surface area contributed by atoms with Crippen molar-refractivity contribution in [1.29, 1.82) is 0 Å². The Hall–Kier alpha value is -1.96. The van der Waals surface area contributed by atoms with Crippen LogP contribution in [0.2, 0.25) is 0 Å². The highest BCUT2D eigenvalue weighted by Crippen LogP contribution is 2.35.